The predicted molar refractivity (Wildman–Crippen MR) is 97.1 cm³/mol. The Balaban J connectivity index is 1.56. The number of anilines is 1. The first-order chi connectivity index (χ1) is 11.5. The summed E-state index contributed by atoms with van der Waals surface area (Å²) < 4.78 is 11.8. The Labute approximate surface area is 152 Å². The summed E-state index contributed by atoms with van der Waals surface area (Å²) in [6.45, 7) is 1.29. The molecular weight excluding hydrogens is 347 g/mol. The highest BCUT2D eigenvalue weighted by molar-refractivity contribution is 6.34. The molecule has 1 saturated heterocycles. The lowest BCUT2D eigenvalue weighted by atomic mass is 10.2. The average Bonchev–Trinajstić information content (AvgIpc) is 3.05. The van der Waals surface area contributed by atoms with Crippen molar-refractivity contribution in [3.05, 3.63) is 58.1 Å². The zero-order chi connectivity index (χ0) is 17.1. The van der Waals surface area contributed by atoms with Crippen LogP contribution in [0, 0.1) is 0 Å². The fourth-order valence-electron chi connectivity index (χ4n) is 2.65. The molecule has 0 aliphatic carbocycles. The van der Waals surface area contributed by atoms with E-state index in [1.165, 1.54) is 5.69 Å². The SMILES string of the molecule is CN(C)c1ccc([C@H]2[NH2+]C[C@@H](COc3cc(Cl)ccc3Cl)O2)cc1. The largest absolute Gasteiger partial charge is 0.489 e. The maximum atomic E-state index is 6.11. The van der Waals surface area contributed by atoms with Gasteiger partial charge in [0.15, 0.2) is 0 Å². The Hall–Kier alpha value is -1.46. The van der Waals surface area contributed by atoms with Gasteiger partial charge in [-0.25, -0.2) is 0 Å². The second kappa shape index (κ2) is 7.62. The molecule has 4 nitrogen and oxygen atoms in total. The summed E-state index contributed by atoms with van der Waals surface area (Å²) in [6, 6.07) is 13.6. The minimum Gasteiger partial charge on any atom is -0.489 e. The van der Waals surface area contributed by atoms with E-state index in [-0.39, 0.29) is 12.3 Å². The van der Waals surface area contributed by atoms with Gasteiger partial charge in [0.2, 0.25) is 6.23 Å². The van der Waals surface area contributed by atoms with E-state index in [2.05, 4.69) is 34.5 Å². The molecule has 128 valence electrons. The third kappa shape index (κ3) is 4.14. The first-order valence-corrected chi connectivity index (χ1v) is 8.62. The standard InChI is InChI=1S/C18H20Cl2N2O2/c1-22(2)14-6-3-12(4-7-14)18-21-10-15(24-18)11-23-17-9-13(19)5-8-16(17)20/h3-9,15,18,21H,10-11H2,1-2H3/p+1/t15-,18-/m0/s1. The van der Waals surface area contributed by atoms with Crippen LogP contribution in [0.2, 0.25) is 10.0 Å². The molecule has 1 fully saturated rings. The molecule has 0 unspecified atom stereocenters. The first kappa shape index (κ1) is 17.4. The lowest BCUT2D eigenvalue weighted by molar-refractivity contribution is -0.697. The second-order valence-electron chi connectivity index (χ2n) is 6.02. The molecule has 3 rings (SSSR count). The van der Waals surface area contributed by atoms with E-state index in [0.29, 0.717) is 22.4 Å². The number of benzene rings is 2. The molecular formula is C18H21Cl2N2O2+. The Morgan fingerprint density at radius 2 is 1.92 bits per heavy atom. The minimum absolute atomic E-state index is 0.00430. The van der Waals surface area contributed by atoms with Gasteiger partial charge in [-0.05, 0) is 36.4 Å². The molecule has 1 heterocycles. The first-order valence-electron chi connectivity index (χ1n) is 7.87. The molecule has 0 aromatic heterocycles. The average molecular weight is 368 g/mol. The van der Waals surface area contributed by atoms with Crippen molar-refractivity contribution in [1.29, 1.82) is 0 Å². The summed E-state index contributed by atoms with van der Waals surface area (Å²) in [5, 5.41) is 3.34. The lowest BCUT2D eigenvalue weighted by Crippen LogP contribution is -2.82. The highest BCUT2D eigenvalue weighted by atomic mass is 35.5. The van der Waals surface area contributed by atoms with Crippen LogP contribution in [0.15, 0.2) is 42.5 Å². The van der Waals surface area contributed by atoms with E-state index in [0.717, 1.165) is 12.1 Å². The third-order valence-corrected chi connectivity index (χ3v) is 4.56. The van der Waals surface area contributed by atoms with Crippen LogP contribution >= 0.6 is 23.2 Å². The van der Waals surface area contributed by atoms with Gasteiger partial charge in [0.1, 0.15) is 25.0 Å². The van der Waals surface area contributed by atoms with E-state index in [1.54, 1.807) is 18.2 Å². The van der Waals surface area contributed by atoms with Crippen LogP contribution in [0.25, 0.3) is 0 Å². The molecule has 0 spiro atoms. The maximum absolute atomic E-state index is 6.11. The van der Waals surface area contributed by atoms with Crippen LogP contribution in [0.1, 0.15) is 11.8 Å². The van der Waals surface area contributed by atoms with Crippen molar-refractivity contribution in [3.63, 3.8) is 0 Å². The van der Waals surface area contributed by atoms with Crippen LogP contribution in [0.3, 0.4) is 0 Å². The van der Waals surface area contributed by atoms with Gasteiger partial charge in [-0.15, -0.1) is 0 Å². The molecule has 0 saturated carbocycles. The van der Waals surface area contributed by atoms with E-state index in [1.807, 2.05) is 14.1 Å². The molecule has 2 N–H and O–H groups in total. The van der Waals surface area contributed by atoms with Crippen molar-refractivity contribution in [2.24, 2.45) is 0 Å². The van der Waals surface area contributed by atoms with Crippen molar-refractivity contribution in [1.82, 2.24) is 0 Å². The topological polar surface area (TPSA) is 38.3 Å². The van der Waals surface area contributed by atoms with Crippen LogP contribution in [0.4, 0.5) is 5.69 Å². The number of nitrogens with two attached hydrogens (primary N) is 1. The maximum Gasteiger partial charge on any atom is 0.217 e. The fourth-order valence-corrected chi connectivity index (χ4v) is 2.98. The summed E-state index contributed by atoms with van der Waals surface area (Å²) in [6.07, 6.45) is 0.0169. The Bertz CT molecular complexity index is 692. The van der Waals surface area contributed by atoms with E-state index >= 15 is 0 Å². The number of hydrogen-bond acceptors (Lipinski definition) is 3. The number of ether oxygens (including phenoxy) is 2. The van der Waals surface area contributed by atoms with E-state index in [9.17, 15) is 0 Å². The minimum atomic E-state index is 0.00430. The zero-order valence-electron chi connectivity index (χ0n) is 13.7. The Kier molecular flexibility index (Phi) is 5.51. The second-order valence-corrected chi connectivity index (χ2v) is 6.87. The van der Waals surface area contributed by atoms with Crippen LogP contribution in [0.5, 0.6) is 5.75 Å². The van der Waals surface area contributed by atoms with Gasteiger partial charge < -0.3 is 19.7 Å². The molecule has 0 amide bonds. The molecule has 2 atom stereocenters. The summed E-state index contributed by atoms with van der Waals surface area (Å²) in [5.74, 6) is 0.589. The molecule has 1 aliphatic rings. The van der Waals surface area contributed by atoms with E-state index < -0.39 is 0 Å². The fraction of sp³-hybridized carbons (Fsp3) is 0.333. The number of rotatable bonds is 5. The van der Waals surface area contributed by atoms with Crippen LogP contribution in [-0.2, 0) is 4.74 Å². The Morgan fingerprint density at radius 1 is 1.17 bits per heavy atom. The molecule has 0 radical (unpaired) electrons. The Morgan fingerprint density at radius 3 is 2.62 bits per heavy atom. The summed E-state index contributed by atoms with van der Waals surface area (Å²) in [7, 11) is 4.06. The highest BCUT2D eigenvalue weighted by Crippen LogP contribution is 2.28. The van der Waals surface area contributed by atoms with Gasteiger partial charge in [-0.2, -0.15) is 0 Å². The van der Waals surface area contributed by atoms with Crippen molar-refractivity contribution in [2.45, 2.75) is 12.3 Å². The molecule has 0 bridgehead atoms. The molecule has 6 heteroatoms. The van der Waals surface area contributed by atoms with Crippen molar-refractivity contribution in [3.8, 4) is 5.75 Å². The lowest BCUT2D eigenvalue weighted by Gasteiger charge is -2.14. The molecule has 1 aliphatic heterocycles. The van der Waals surface area contributed by atoms with Gasteiger partial charge in [0, 0.05) is 36.4 Å². The van der Waals surface area contributed by atoms with Gasteiger partial charge in [-0.3, -0.25) is 0 Å². The smallest absolute Gasteiger partial charge is 0.217 e. The number of halogens is 2. The zero-order valence-corrected chi connectivity index (χ0v) is 15.2. The summed E-state index contributed by atoms with van der Waals surface area (Å²) in [4.78, 5) is 2.08. The van der Waals surface area contributed by atoms with Gasteiger partial charge >= 0.3 is 0 Å². The van der Waals surface area contributed by atoms with Gasteiger partial charge in [0.05, 0.1) is 5.02 Å². The number of quaternary nitrogens is 1. The number of nitrogens with zero attached hydrogens (tertiary/aromatic N) is 1. The van der Waals surface area contributed by atoms with Gasteiger partial charge in [0.25, 0.3) is 0 Å². The monoisotopic (exact) mass is 367 g/mol. The van der Waals surface area contributed by atoms with Crippen molar-refractivity contribution in [2.75, 3.05) is 32.1 Å². The molecule has 24 heavy (non-hydrogen) atoms. The summed E-state index contributed by atoms with van der Waals surface area (Å²) >= 11 is 12.1. The predicted octanol–water partition coefficient (Wildman–Crippen LogP) is 3.10. The van der Waals surface area contributed by atoms with Crippen molar-refractivity contribution >= 4 is 28.9 Å². The van der Waals surface area contributed by atoms with Gasteiger partial charge in [-0.1, -0.05) is 23.2 Å². The quantitative estimate of drug-likeness (QED) is 0.882. The molecule has 2 aromatic carbocycles. The van der Waals surface area contributed by atoms with E-state index in [4.69, 9.17) is 32.7 Å². The van der Waals surface area contributed by atoms with Crippen LogP contribution < -0.4 is 15.0 Å². The highest BCUT2D eigenvalue weighted by Gasteiger charge is 2.30. The molecule has 2 aromatic rings. The number of hydrogen-bond donors (Lipinski definition) is 1. The normalized spacial score (nSPS) is 20.2. The van der Waals surface area contributed by atoms with Crippen molar-refractivity contribution < 1.29 is 14.8 Å². The van der Waals surface area contributed by atoms with Crippen LogP contribution in [-0.4, -0.2) is 33.4 Å². The summed E-state index contributed by atoms with van der Waals surface area (Å²) in [5.41, 5.74) is 2.33. The third-order valence-electron chi connectivity index (χ3n) is 4.01.